The number of nitrogens with zero attached hydrogens (tertiary/aromatic N) is 2. The van der Waals surface area contributed by atoms with Crippen molar-refractivity contribution in [2.24, 2.45) is 5.73 Å². The number of carbonyl (C=O) groups is 1. The van der Waals surface area contributed by atoms with Crippen molar-refractivity contribution in [3.63, 3.8) is 0 Å². The topological polar surface area (TPSA) is 94.0 Å². The zero-order valence-corrected chi connectivity index (χ0v) is 13.5. The van der Waals surface area contributed by atoms with Gasteiger partial charge in [0.25, 0.3) is 0 Å². The second-order valence-electron chi connectivity index (χ2n) is 4.51. The molecule has 0 saturated heterocycles. The van der Waals surface area contributed by atoms with E-state index in [2.05, 4.69) is 15.5 Å². The van der Waals surface area contributed by atoms with Gasteiger partial charge in [-0.1, -0.05) is 16.8 Å². The van der Waals surface area contributed by atoms with Gasteiger partial charge in [-0.05, 0) is 37.2 Å². The third-order valence-corrected chi connectivity index (χ3v) is 3.09. The number of nitrogens with two attached hydrogens (primary N) is 1. The summed E-state index contributed by atoms with van der Waals surface area (Å²) in [6.07, 6.45) is 1.62. The lowest BCUT2D eigenvalue weighted by atomic mass is 10.2. The molecule has 2 rings (SSSR count). The number of amides is 1. The fourth-order valence-electron chi connectivity index (χ4n) is 1.73. The van der Waals surface area contributed by atoms with E-state index in [9.17, 15) is 4.79 Å². The van der Waals surface area contributed by atoms with Crippen LogP contribution in [0.2, 0.25) is 5.02 Å². The summed E-state index contributed by atoms with van der Waals surface area (Å²) >= 11 is 5.83. The van der Waals surface area contributed by atoms with E-state index in [0.29, 0.717) is 49.1 Å². The fourth-order valence-corrected chi connectivity index (χ4v) is 1.86. The van der Waals surface area contributed by atoms with Gasteiger partial charge in [0, 0.05) is 30.0 Å². The summed E-state index contributed by atoms with van der Waals surface area (Å²) in [4.78, 5) is 15.7. The Bertz CT molecular complexity index is 587. The molecule has 0 atom stereocenters. The van der Waals surface area contributed by atoms with Gasteiger partial charge in [0.2, 0.25) is 17.6 Å². The van der Waals surface area contributed by atoms with Gasteiger partial charge in [0.05, 0.1) is 0 Å². The Morgan fingerprint density at radius 1 is 1.32 bits per heavy atom. The molecular formula is C14H18Cl2N4O2. The first-order valence-corrected chi connectivity index (χ1v) is 7.12. The molecule has 8 heteroatoms. The molecule has 1 amide bonds. The van der Waals surface area contributed by atoms with Crippen LogP contribution in [0, 0.1) is 0 Å². The van der Waals surface area contributed by atoms with Crippen LogP contribution in [0.5, 0.6) is 0 Å². The molecule has 6 nitrogen and oxygen atoms in total. The van der Waals surface area contributed by atoms with Crippen LogP contribution in [0.25, 0.3) is 11.4 Å². The molecule has 1 aromatic carbocycles. The van der Waals surface area contributed by atoms with Crippen LogP contribution in [-0.2, 0) is 11.2 Å². The van der Waals surface area contributed by atoms with Gasteiger partial charge >= 0.3 is 0 Å². The maximum absolute atomic E-state index is 11.4. The highest BCUT2D eigenvalue weighted by Crippen LogP contribution is 2.18. The van der Waals surface area contributed by atoms with Gasteiger partial charge in [0.15, 0.2) is 0 Å². The Kier molecular flexibility index (Phi) is 7.87. The molecule has 0 radical (unpaired) electrons. The lowest BCUT2D eigenvalue weighted by Gasteiger charge is -2.01. The molecule has 0 fully saturated rings. The molecule has 3 N–H and O–H groups in total. The molecule has 0 aliphatic heterocycles. The third-order valence-electron chi connectivity index (χ3n) is 2.84. The molecule has 0 aliphatic rings. The molecular weight excluding hydrogens is 327 g/mol. The number of carbonyl (C=O) groups excluding carboxylic acids is 1. The molecule has 120 valence electrons. The van der Waals surface area contributed by atoms with E-state index in [1.54, 1.807) is 12.1 Å². The quantitative estimate of drug-likeness (QED) is 0.802. The third kappa shape index (κ3) is 5.63. The molecule has 0 aliphatic carbocycles. The number of hydrogen-bond donors (Lipinski definition) is 2. The van der Waals surface area contributed by atoms with E-state index in [-0.39, 0.29) is 18.3 Å². The van der Waals surface area contributed by atoms with E-state index >= 15 is 0 Å². The number of halogens is 2. The summed E-state index contributed by atoms with van der Waals surface area (Å²) < 4.78 is 5.15. The summed E-state index contributed by atoms with van der Waals surface area (Å²) in [5.41, 5.74) is 6.18. The number of benzene rings is 1. The van der Waals surface area contributed by atoms with Crippen LogP contribution in [0.3, 0.4) is 0 Å². The number of aromatic nitrogens is 2. The van der Waals surface area contributed by atoms with Crippen molar-refractivity contribution in [1.29, 1.82) is 0 Å². The smallest absolute Gasteiger partial charge is 0.228 e. The first-order chi connectivity index (χ1) is 10.2. The first kappa shape index (κ1) is 18.4. The number of rotatable bonds is 7. The van der Waals surface area contributed by atoms with Gasteiger partial charge < -0.3 is 15.6 Å². The second kappa shape index (κ2) is 9.40. The average Bonchev–Trinajstić information content (AvgIpc) is 2.95. The summed E-state index contributed by atoms with van der Waals surface area (Å²) in [7, 11) is 0. The molecule has 2 aromatic rings. The minimum absolute atomic E-state index is 0. The van der Waals surface area contributed by atoms with Crippen LogP contribution in [0.15, 0.2) is 28.8 Å². The largest absolute Gasteiger partial charge is 0.356 e. The lowest BCUT2D eigenvalue weighted by molar-refractivity contribution is -0.121. The zero-order valence-electron chi connectivity index (χ0n) is 11.9. The van der Waals surface area contributed by atoms with Crippen LogP contribution in [0.4, 0.5) is 0 Å². The average molecular weight is 345 g/mol. The standard InChI is InChI=1S/C14H17ClN4O2.ClH/c15-11-5-3-10(4-6-11)14-18-13(21-19-14)7-9-17-12(20)2-1-8-16;/h3-6H,1-2,7-9,16H2,(H,17,20);1H. The van der Waals surface area contributed by atoms with E-state index in [4.69, 9.17) is 21.9 Å². The predicted octanol–water partition coefficient (Wildman–Crippen LogP) is 2.21. The number of nitrogens with one attached hydrogen (secondary N) is 1. The first-order valence-electron chi connectivity index (χ1n) is 6.74. The van der Waals surface area contributed by atoms with Crippen LogP contribution in [0.1, 0.15) is 18.7 Å². The Morgan fingerprint density at radius 3 is 2.73 bits per heavy atom. The van der Waals surface area contributed by atoms with Crippen molar-refractivity contribution in [3.05, 3.63) is 35.2 Å². The maximum Gasteiger partial charge on any atom is 0.228 e. The van der Waals surface area contributed by atoms with Crippen molar-refractivity contribution in [2.75, 3.05) is 13.1 Å². The van der Waals surface area contributed by atoms with Crippen molar-refractivity contribution >= 4 is 29.9 Å². The van der Waals surface area contributed by atoms with Crippen LogP contribution < -0.4 is 11.1 Å². The minimum Gasteiger partial charge on any atom is -0.356 e. The van der Waals surface area contributed by atoms with E-state index in [1.165, 1.54) is 0 Å². The summed E-state index contributed by atoms with van der Waals surface area (Å²) in [6.45, 7) is 0.979. The highest BCUT2D eigenvalue weighted by Gasteiger charge is 2.09. The van der Waals surface area contributed by atoms with E-state index in [1.807, 2.05) is 12.1 Å². The molecule has 22 heavy (non-hydrogen) atoms. The summed E-state index contributed by atoms with van der Waals surface area (Å²) in [5.74, 6) is 0.980. The Balaban J connectivity index is 0.00000242. The second-order valence-corrected chi connectivity index (χ2v) is 4.95. The Hall–Kier alpha value is -1.63. The molecule has 0 unspecified atom stereocenters. The lowest BCUT2D eigenvalue weighted by Crippen LogP contribution is -2.26. The van der Waals surface area contributed by atoms with Crippen molar-refractivity contribution < 1.29 is 9.32 Å². The van der Waals surface area contributed by atoms with Crippen LogP contribution in [-0.4, -0.2) is 29.1 Å². The van der Waals surface area contributed by atoms with Gasteiger partial charge in [-0.2, -0.15) is 4.98 Å². The van der Waals surface area contributed by atoms with Gasteiger partial charge in [0.1, 0.15) is 0 Å². The van der Waals surface area contributed by atoms with Crippen molar-refractivity contribution in [1.82, 2.24) is 15.5 Å². The Morgan fingerprint density at radius 2 is 2.05 bits per heavy atom. The minimum atomic E-state index is -0.0158. The van der Waals surface area contributed by atoms with Crippen LogP contribution >= 0.6 is 24.0 Å². The van der Waals surface area contributed by atoms with Gasteiger partial charge in [-0.25, -0.2) is 0 Å². The van der Waals surface area contributed by atoms with Crippen molar-refractivity contribution in [3.8, 4) is 11.4 Å². The summed E-state index contributed by atoms with van der Waals surface area (Å²) in [5, 5.41) is 7.34. The molecule has 0 spiro atoms. The van der Waals surface area contributed by atoms with E-state index in [0.717, 1.165) is 5.56 Å². The summed E-state index contributed by atoms with van der Waals surface area (Å²) in [6, 6.07) is 7.19. The van der Waals surface area contributed by atoms with Crippen molar-refractivity contribution in [2.45, 2.75) is 19.3 Å². The zero-order chi connectivity index (χ0) is 15.1. The molecule has 1 heterocycles. The SMILES string of the molecule is Cl.NCCCC(=O)NCCc1nc(-c2ccc(Cl)cc2)no1. The van der Waals surface area contributed by atoms with Gasteiger partial charge in [-0.15, -0.1) is 12.4 Å². The normalized spacial score (nSPS) is 10.1. The molecule has 1 aromatic heterocycles. The predicted molar refractivity (Wildman–Crippen MR) is 87.0 cm³/mol. The fraction of sp³-hybridized carbons (Fsp3) is 0.357. The van der Waals surface area contributed by atoms with E-state index < -0.39 is 0 Å². The van der Waals surface area contributed by atoms with Gasteiger partial charge in [-0.3, -0.25) is 4.79 Å². The molecule has 0 saturated carbocycles. The Labute approximate surface area is 139 Å². The monoisotopic (exact) mass is 344 g/mol. The highest BCUT2D eigenvalue weighted by molar-refractivity contribution is 6.30. The highest BCUT2D eigenvalue weighted by atomic mass is 35.5. The number of hydrogen-bond acceptors (Lipinski definition) is 5. The maximum atomic E-state index is 11.4. The molecule has 0 bridgehead atoms.